The highest BCUT2D eigenvalue weighted by Gasteiger charge is 2.30. The molecule has 1 aromatic carbocycles. The van der Waals surface area contributed by atoms with Crippen molar-refractivity contribution in [2.45, 2.75) is 6.18 Å². The molecule has 1 heterocycles. The van der Waals surface area contributed by atoms with Crippen molar-refractivity contribution in [2.75, 3.05) is 5.32 Å². The minimum absolute atomic E-state index is 0.0456. The third-order valence-corrected chi connectivity index (χ3v) is 2.32. The fourth-order valence-corrected chi connectivity index (χ4v) is 1.45. The monoisotopic (exact) mass is 283 g/mol. The van der Waals surface area contributed by atoms with E-state index in [1.165, 1.54) is 18.3 Å². The van der Waals surface area contributed by atoms with Crippen LogP contribution in [0.25, 0.3) is 0 Å². The third-order valence-electron chi connectivity index (χ3n) is 2.32. The Bertz CT molecular complexity index is 644. The summed E-state index contributed by atoms with van der Waals surface area (Å²) in [6.07, 6.45) is -2.20. The van der Waals surface area contributed by atoms with E-state index in [1.807, 2.05) is 0 Å². The third kappa shape index (κ3) is 3.22. The highest BCUT2D eigenvalue weighted by molar-refractivity contribution is 5.85. The van der Waals surface area contributed by atoms with Crippen molar-refractivity contribution >= 4 is 17.5 Å². The Morgan fingerprint density at radius 1 is 1.25 bits per heavy atom. The topological polar surface area (TPSA) is 75.1 Å². The molecule has 2 N–H and O–H groups in total. The number of aromatic nitrogens is 2. The molecule has 0 spiro atoms. The van der Waals surface area contributed by atoms with Gasteiger partial charge in [-0.1, -0.05) is 6.07 Å². The molecule has 0 unspecified atom stereocenters. The molecule has 0 radical (unpaired) electrons. The van der Waals surface area contributed by atoms with Crippen molar-refractivity contribution in [2.24, 2.45) is 0 Å². The van der Waals surface area contributed by atoms with E-state index in [1.54, 1.807) is 0 Å². The molecule has 2 rings (SSSR count). The molecule has 0 aliphatic heterocycles. The summed E-state index contributed by atoms with van der Waals surface area (Å²) in [6, 6.07) is 4.48. The van der Waals surface area contributed by atoms with Crippen LogP contribution in [0.1, 0.15) is 16.1 Å². The molecule has 1 aromatic heterocycles. The van der Waals surface area contributed by atoms with Crippen molar-refractivity contribution in [1.82, 2.24) is 9.97 Å². The quantitative estimate of drug-likeness (QED) is 0.905. The standard InChI is InChI=1S/C12H8F3N3O2/c13-12(14,15)7-2-1-3-8(4-7)17-10-6-16-5-9(18-10)11(19)20/h1-6H,(H,17,18)(H,19,20). The zero-order chi connectivity index (χ0) is 14.8. The van der Waals surface area contributed by atoms with Gasteiger partial charge in [0.2, 0.25) is 0 Å². The summed E-state index contributed by atoms with van der Waals surface area (Å²) in [7, 11) is 0. The van der Waals surface area contributed by atoms with Gasteiger partial charge in [0.15, 0.2) is 5.69 Å². The van der Waals surface area contributed by atoms with Gasteiger partial charge in [0.05, 0.1) is 18.0 Å². The lowest BCUT2D eigenvalue weighted by atomic mass is 10.2. The molecule has 0 aliphatic rings. The van der Waals surface area contributed by atoms with Crippen LogP contribution in [0.3, 0.4) is 0 Å². The van der Waals surface area contributed by atoms with Crippen LogP contribution in [0.4, 0.5) is 24.7 Å². The molecule has 0 saturated carbocycles. The maximum Gasteiger partial charge on any atom is 0.416 e. The fourth-order valence-electron chi connectivity index (χ4n) is 1.45. The number of carboxylic acids is 1. The number of nitrogens with one attached hydrogen (secondary N) is 1. The smallest absolute Gasteiger partial charge is 0.416 e. The number of halogens is 3. The van der Waals surface area contributed by atoms with Crippen molar-refractivity contribution in [3.63, 3.8) is 0 Å². The normalized spacial score (nSPS) is 11.2. The second-order valence-electron chi connectivity index (χ2n) is 3.80. The average molecular weight is 283 g/mol. The summed E-state index contributed by atoms with van der Waals surface area (Å²) in [5.41, 5.74) is -0.983. The Labute approximate surface area is 111 Å². The van der Waals surface area contributed by atoms with Crippen LogP contribution in [0.5, 0.6) is 0 Å². The first-order valence-electron chi connectivity index (χ1n) is 5.36. The zero-order valence-corrected chi connectivity index (χ0v) is 9.85. The Kier molecular flexibility index (Phi) is 3.55. The summed E-state index contributed by atoms with van der Waals surface area (Å²) in [4.78, 5) is 18.1. The summed E-state index contributed by atoms with van der Waals surface area (Å²) in [5, 5.41) is 11.3. The Balaban J connectivity index is 2.26. The Morgan fingerprint density at radius 3 is 2.65 bits per heavy atom. The highest BCUT2D eigenvalue weighted by atomic mass is 19.4. The molecule has 2 aromatic rings. The van der Waals surface area contributed by atoms with Gasteiger partial charge in [0.25, 0.3) is 0 Å². The van der Waals surface area contributed by atoms with Crippen LogP contribution >= 0.6 is 0 Å². The molecular weight excluding hydrogens is 275 g/mol. The van der Waals surface area contributed by atoms with Gasteiger partial charge in [-0.3, -0.25) is 4.98 Å². The first kappa shape index (κ1) is 13.8. The summed E-state index contributed by atoms with van der Waals surface area (Å²) in [5.74, 6) is -1.23. The number of anilines is 2. The molecule has 20 heavy (non-hydrogen) atoms. The van der Waals surface area contributed by atoms with Gasteiger partial charge in [-0.25, -0.2) is 9.78 Å². The van der Waals surface area contributed by atoms with Crippen molar-refractivity contribution in [3.8, 4) is 0 Å². The van der Waals surface area contributed by atoms with Crippen LogP contribution in [0, 0.1) is 0 Å². The van der Waals surface area contributed by atoms with Gasteiger partial charge >= 0.3 is 12.1 Å². The van der Waals surface area contributed by atoms with E-state index in [2.05, 4.69) is 15.3 Å². The van der Waals surface area contributed by atoms with E-state index < -0.39 is 17.7 Å². The molecule has 0 amide bonds. The molecule has 0 fully saturated rings. The molecule has 0 bridgehead atoms. The summed E-state index contributed by atoms with van der Waals surface area (Å²) in [6.45, 7) is 0. The minimum Gasteiger partial charge on any atom is -0.476 e. The van der Waals surface area contributed by atoms with Crippen LogP contribution in [0.2, 0.25) is 0 Å². The maximum atomic E-state index is 12.5. The van der Waals surface area contributed by atoms with E-state index in [4.69, 9.17) is 5.11 Å². The van der Waals surface area contributed by atoms with Crippen molar-refractivity contribution in [1.29, 1.82) is 0 Å². The molecule has 0 atom stereocenters. The van der Waals surface area contributed by atoms with E-state index in [9.17, 15) is 18.0 Å². The average Bonchev–Trinajstić information content (AvgIpc) is 2.38. The van der Waals surface area contributed by atoms with E-state index in [-0.39, 0.29) is 17.2 Å². The lowest BCUT2D eigenvalue weighted by Gasteiger charge is -2.10. The first-order valence-corrected chi connectivity index (χ1v) is 5.36. The number of carbonyl (C=O) groups is 1. The number of benzene rings is 1. The molecule has 104 valence electrons. The van der Waals surface area contributed by atoms with Crippen LogP contribution in [-0.4, -0.2) is 21.0 Å². The zero-order valence-electron chi connectivity index (χ0n) is 9.85. The number of aromatic carboxylic acids is 1. The van der Waals surface area contributed by atoms with Gasteiger partial charge in [-0.05, 0) is 18.2 Å². The van der Waals surface area contributed by atoms with Crippen LogP contribution in [-0.2, 0) is 6.18 Å². The number of hydrogen-bond acceptors (Lipinski definition) is 4. The largest absolute Gasteiger partial charge is 0.476 e. The molecule has 0 aliphatic carbocycles. The van der Waals surface area contributed by atoms with Gasteiger partial charge < -0.3 is 10.4 Å². The number of hydrogen-bond donors (Lipinski definition) is 2. The van der Waals surface area contributed by atoms with Gasteiger partial charge in [-0.15, -0.1) is 0 Å². The van der Waals surface area contributed by atoms with Gasteiger partial charge in [0.1, 0.15) is 5.82 Å². The van der Waals surface area contributed by atoms with Gasteiger partial charge in [0, 0.05) is 5.69 Å². The van der Waals surface area contributed by atoms with E-state index >= 15 is 0 Å². The molecule has 5 nitrogen and oxygen atoms in total. The number of alkyl halides is 3. The summed E-state index contributed by atoms with van der Waals surface area (Å²) < 4.78 is 37.6. The van der Waals surface area contributed by atoms with Crippen molar-refractivity contribution in [3.05, 3.63) is 47.9 Å². The predicted molar refractivity (Wildman–Crippen MR) is 63.7 cm³/mol. The number of rotatable bonds is 3. The Morgan fingerprint density at radius 2 is 2.00 bits per heavy atom. The lowest BCUT2D eigenvalue weighted by Crippen LogP contribution is -2.06. The Hall–Kier alpha value is -2.64. The maximum absolute atomic E-state index is 12.5. The van der Waals surface area contributed by atoms with E-state index in [0.717, 1.165) is 18.3 Å². The molecule has 8 heteroatoms. The fraction of sp³-hybridized carbons (Fsp3) is 0.0833. The second-order valence-corrected chi connectivity index (χ2v) is 3.80. The highest BCUT2D eigenvalue weighted by Crippen LogP contribution is 2.31. The van der Waals surface area contributed by atoms with Crippen LogP contribution in [0.15, 0.2) is 36.7 Å². The van der Waals surface area contributed by atoms with Gasteiger partial charge in [-0.2, -0.15) is 13.2 Å². The van der Waals surface area contributed by atoms with Crippen LogP contribution < -0.4 is 5.32 Å². The number of nitrogens with zero attached hydrogens (tertiary/aromatic N) is 2. The number of carboxylic acid groups (broad SMARTS) is 1. The summed E-state index contributed by atoms with van der Waals surface area (Å²) >= 11 is 0. The SMILES string of the molecule is O=C(O)c1cncc(Nc2cccc(C(F)(F)F)c2)n1. The second kappa shape index (κ2) is 5.16. The molecule has 0 saturated heterocycles. The first-order chi connectivity index (χ1) is 9.36. The molecular formula is C12H8F3N3O2. The predicted octanol–water partition coefficient (Wildman–Crippen LogP) is 2.94. The lowest BCUT2D eigenvalue weighted by molar-refractivity contribution is -0.137. The van der Waals surface area contributed by atoms with Crippen molar-refractivity contribution < 1.29 is 23.1 Å². The van der Waals surface area contributed by atoms with E-state index in [0.29, 0.717) is 0 Å². The minimum atomic E-state index is -4.45.